The van der Waals surface area contributed by atoms with Gasteiger partial charge in [-0.3, -0.25) is 4.79 Å². The molecule has 9 nitrogen and oxygen atoms in total. The summed E-state index contributed by atoms with van der Waals surface area (Å²) in [5.41, 5.74) is 0.602. The second-order valence-electron chi connectivity index (χ2n) is 10.9. The number of rotatable bonds is 14. The van der Waals surface area contributed by atoms with Gasteiger partial charge in [0.15, 0.2) is 16.4 Å². The summed E-state index contributed by atoms with van der Waals surface area (Å²) in [4.78, 5) is 29.8. The van der Waals surface area contributed by atoms with Crippen LogP contribution in [0.5, 0.6) is 11.5 Å². The van der Waals surface area contributed by atoms with Crippen LogP contribution in [0.25, 0.3) is 10.2 Å². The molecule has 0 unspecified atom stereocenters. The summed E-state index contributed by atoms with van der Waals surface area (Å²) in [5.74, 6) is -0.725. The lowest BCUT2D eigenvalue weighted by Crippen LogP contribution is -2.17. The first-order chi connectivity index (χ1) is 23.8. The molecule has 50 heavy (non-hydrogen) atoms. The van der Waals surface area contributed by atoms with Gasteiger partial charge in [0.1, 0.15) is 23.1 Å². The number of fused-ring (bicyclic) bond motifs is 1. The highest BCUT2D eigenvalue weighted by Gasteiger charge is 2.30. The van der Waals surface area contributed by atoms with Crippen molar-refractivity contribution >= 4 is 60.6 Å². The van der Waals surface area contributed by atoms with E-state index in [0.717, 1.165) is 12.1 Å². The molecule has 0 radical (unpaired) electrons. The zero-order valence-electron chi connectivity index (χ0n) is 26.5. The van der Waals surface area contributed by atoms with Gasteiger partial charge in [0.2, 0.25) is 0 Å². The molecule has 0 aliphatic carbocycles. The fraction of sp³-hybridized carbons (Fsp3) is 0.229. The molecule has 5 rings (SSSR count). The molecular formula is C35H30ClF3N2O7S2. The van der Waals surface area contributed by atoms with Crippen molar-refractivity contribution in [1.29, 1.82) is 0 Å². The van der Waals surface area contributed by atoms with Crippen LogP contribution < -0.4 is 14.8 Å². The molecule has 1 amide bonds. The molecule has 0 bridgehead atoms. The number of alkyl halides is 3. The van der Waals surface area contributed by atoms with Crippen LogP contribution >= 0.6 is 22.9 Å². The van der Waals surface area contributed by atoms with Crippen molar-refractivity contribution in [3.05, 3.63) is 112 Å². The fourth-order valence-corrected chi connectivity index (χ4v) is 7.10. The molecule has 15 heteroatoms. The maximum atomic E-state index is 13.4. The fourth-order valence-electron chi connectivity index (χ4n) is 4.80. The van der Waals surface area contributed by atoms with Gasteiger partial charge in [-0.2, -0.15) is 13.2 Å². The zero-order chi connectivity index (χ0) is 35.9. The Kier molecular flexibility index (Phi) is 11.7. The molecule has 4 aromatic carbocycles. The van der Waals surface area contributed by atoms with E-state index in [-0.39, 0.29) is 46.4 Å². The van der Waals surface area contributed by atoms with E-state index in [2.05, 4.69) is 10.3 Å². The van der Waals surface area contributed by atoms with E-state index in [1.54, 1.807) is 43.3 Å². The minimum atomic E-state index is -4.48. The van der Waals surface area contributed by atoms with E-state index in [1.807, 2.05) is 0 Å². The Labute approximate surface area is 294 Å². The topological polar surface area (TPSA) is 121 Å². The Bertz CT molecular complexity index is 2100. The molecule has 1 aromatic heterocycles. The molecule has 1 heterocycles. The minimum Gasteiger partial charge on any atom is -0.486 e. The van der Waals surface area contributed by atoms with E-state index in [0.29, 0.717) is 38.9 Å². The quantitative estimate of drug-likeness (QED) is 0.113. The number of anilines is 1. The summed E-state index contributed by atoms with van der Waals surface area (Å²) >= 11 is 7.08. The maximum Gasteiger partial charge on any atom is 0.416 e. The lowest BCUT2D eigenvalue weighted by molar-refractivity contribution is -0.145. The highest BCUT2D eigenvalue weighted by molar-refractivity contribution is 7.91. The SMILES string of the molecule is CCOC(=O)COc1ccc(CCCS(=O)(=O)c2ccc(Cl)cc2)cc1NC(=O)c1cccc(OCc2nc3cc(C(F)(F)F)ccc3s2)c1. The molecule has 0 saturated carbocycles. The Morgan fingerprint density at radius 2 is 1.74 bits per heavy atom. The first-order valence-corrected chi connectivity index (χ1v) is 18.1. The lowest BCUT2D eigenvalue weighted by Gasteiger charge is -2.15. The summed E-state index contributed by atoms with van der Waals surface area (Å²) in [5, 5.41) is 3.68. The van der Waals surface area contributed by atoms with Gasteiger partial charge < -0.3 is 19.5 Å². The zero-order valence-corrected chi connectivity index (χ0v) is 28.8. The summed E-state index contributed by atoms with van der Waals surface area (Å²) < 4.78 is 81.8. The average molecular weight is 747 g/mol. The van der Waals surface area contributed by atoms with Crippen LogP contribution in [0.3, 0.4) is 0 Å². The van der Waals surface area contributed by atoms with E-state index < -0.39 is 40.1 Å². The number of carbonyl (C=O) groups excluding carboxylic acids is 2. The third-order valence-electron chi connectivity index (χ3n) is 7.21. The van der Waals surface area contributed by atoms with Crippen LogP contribution in [0.4, 0.5) is 18.9 Å². The van der Waals surface area contributed by atoms with E-state index >= 15 is 0 Å². The molecule has 5 aromatic rings. The van der Waals surface area contributed by atoms with Crippen LogP contribution in [-0.4, -0.2) is 44.2 Å². The first-order valence-electron chi connectivity index (χ1n) is 15.2. The lowest BCUT2D eigenvalue weighted by atomic mass is 10.1. The summed E-state index contributed by atoms with van der Waals surface area (Å²) in [6.45, 7) is 1.39. The van der Waals surface area contributed by atoms with Crippen LogP contribution in [0, 0.1) is 0 Å². The van der Waals surface area contributed by atoms with Gasteiger partial charge >= 0.3 is 12.1 Å². The van der Waals surface area contributed by atoms with Gasteiger partial charge in [0.05, 0.1) is 38.7 Å². The summed E-state index contributed by atoms with van der Waals surface area (Å²) in [6, 6.07) is 20.5. The maximum absolute atomic E-state index is 13.4. The molecule has 0 aliphatic heterocycles. The van der Waals surface area contributed by atoms with Crippen LogP contribution in [0.2, 0.25) is 5.02 Å². The number of hydrogen-bond acceptors (Lipinski definition) is 9. The largest absolute Gasteiger partial charge is 0.486 e. The number of ether oxygens (including phenoxy) is 3. The summed E-state index contributed by atoms with van der Waals surface area (Å²) in [7, 11) is -3.55. The Morgan fingerprint density at radius 1 is 0.960 bits per heavy atom. The highest BCUT2D eigenvalue weighted by Crippen LogP contribution is 2.33. The molecule has 1 N–H and O–H groups in total. The number of nitrogens with zero attached hydrogens (tertiary/aromatic N) is 1. The Morgan fingerprint density at radius 3 is 2.48 bits per heavy atom. The standard InChI is InChI=1S/C35H30ClF3N2O7S2/c1-2-46-33(42)21-48-30-14-8-22(5-4-16-50(44,45)27-12-10-25(36)11-13-27)17-28(30)41-34(43)23-6-3-7-26(18-23)47-20-32-40-29-19-24(35(37,38)39)9-15-31(29)49-32/h3,6-15,17-19H,2,4-5,16,20-21H2,1H3,(H,41,43). The van der Waals surface area contributed by atoms with E-state index in [1.165, 1.54) is 47.7 Å². The van der Waals surface area contributed by atoms with Crippen LogP contribution in [0.15, 0.2) is 89.8 Å². The second-order valence-corrected chi connectivity index (χ2v) is 14.5. The number of hydrogen-bond donors (Lipinski definition) is 1. The molecule has 0 atom stereocenters. The van der Waals surface area contributed by atoms with Crippen LogP contribution in [0.1, 0.15) is 39.8 Å². The molecular weight excluding hydrogens is 717 g/mol. The number of esters is 1. The normalized spacial score (nSPS) is 11.7. The number of thiazole rings is 1. The van der Waals surface area contributed by atoms with E-state index in [4.69, 9.17) is 25.8 Å². The first kappa shape index (κ1) is 36.6. The number of carbonyl (C=O) groups is 2. The monoisotopic (exact) mass is 746 g/mol. The number of sulfone groups is 1. The van der Waals surface area contributed by atoms with Crippen molar-refractivity contribution < 1.29 is 45.4 Å². The average Bonchev–Trinajstić information content (AvgIpc) is 3.49. The highest BCUT2D eigenvalue weighted by atomic mass is 35.5. The van der Waals surface area contributed by atoms with Gasteiger partial charge in [-0.15, -0.1) is 11.3 Å². The predicted octanol–water partition coefficient (Wildman–Crippen LogP) is 8.15. The van der Waals surface area contributed by atoms with Crippen molar-refractivity contribution in [3.63, 3.8) is 0 Å². The Balaban J connectivity index is 1.27. The van der Waals surface area contributed by atoms with Crippen molar-refractivity contribution in [3.8, 4) is 11.5 Å². The van der Waals surface area contributed by atoms with Crippen molar-refractivity contribution in [2.24, 2.45) is 0 Å². The number of benzene rings is 4. The van der Waals surface area contributed by atoms with Gasteiger partial charge in [-0.05, 0) is 98.1 Å². The molecule has 0 aliphatic rings. The Hall–Kier alpha value is -4.66. The third kappa shape index (κ3) is 9.73. The third-order valence-corrected chi connectivity index (χ3v) is 10.3. The van der Waals surface area contributed by atoms with E-state index in [9.17, 15) is 31.2 Å². The molecule has 0 saturated heterocycles. The van der Waals surface area contributed by atoms with Gasteiger partial charge in [0.25, 0.3) is 5.91 Å². The predicted molar refractivity (Wildman–Crippen MR) is 184 cm³/mol. The molecule has 0 fully saturated rings. The number of aryl methyl sites for hydroxylation is 1. The second kappa shape index (κ2) is 15.9. The smallest absolute Gasteiger partial charge is 0.416 e. The van der Waals surface area contributed by atoms with Gasteiger partial charge in [0, 0.05) is 10.6 Å². The number of amides is 1. The number of halogens is 4. The minimum absolute atomic E-state index is 0.0343. The van der Waals surface area contributed by atoms with Gasteiger partial charge in [-0.1, -0.05) is 23.7 Å². The van der Waals surface area contributed by atoms with Crippen LogP contribution in [-0.2, 0) is 38.6 Å². The number of nitrogens with one attached hydrogen (secondary N) is 1. The molecule has 262 valence electrons. The number of aromatic nitrogens is 1. The van der Waals surface area contributed by atoms with Crippen molar-refractivity contribution in [2.45, 2.75) is 37.4 Å². The summed E-state index contributed by atoms with van der Waals surface area (Å²) in [6.07, 6.45) is -3.83. The van der Waals surface area contributed by atoms with Gasteiger partial charge in [-0.25, -0.2) is 18.2 Å². The van der Waals surface area contributed by atoms with Crippen molar-refractivity contribution in [1.82, 2.24) is 4.98 Å². The van der Waals surface area contributed by atoms with Crippen molar-refractivity contribution in [2.75, 3.05) is 24.3 Å². The molecule has 0 spiro atoms.